The van der Waals surface area contributed by atoms with E-state index in [0.29, 0.717) is 6.42 Å². The van der Waals surface area contributed by atoms with Crippen LogP contribution in [0.3, 0.4) is 0 Å². The van der Waals surface area contributed by atoms with Gasteiger partial charge in [-0.1, -0.05) is 20.8 Å². The number of esters is 1. The maximum atomic E-state index is 12.1. The summed E-state index contributed by atoms with van der Waals surface area (Å²) in [7, 11) is 1.24. The van der Waals surface area contributed by atoms with Crippen molar-refractivity contribution in [3.8, 4) is 0 Å². The Hall–Kier alpha value is -1.69. The number of methoxy groups -OCH3 is 1. The van der Waals surface area contributed by atoms with E-state index in [1.165, 1.54) is 13.3 Å². The molecule has 0 radical (unpaired) electrons. The fourth-order valence-corrected chi connectivity index (χ4v) is 2.43. The number of allylic oxidation sites excluding steroid dienone is 1. The molecule has 0 fully saturated rings. The second kappa shape index (κ2) is 6.85. The molecule has 0 saturated heterocycles. The molecule has 1 aliphatic rings. The summed E-state index contributed by atoms with van der Waals surface area (Å²) in [6.07, 6.45) is 1.99. The number of aliphatic hydroxyl groups is 2. The van der Waals surface area contributed by atoms with Gasteiger partial charge in [0, 0.05) is 12.6 Å². The number of carbonyl (C=O) groups excluding carboxylic acids is 2. The summed E-state index contributed by atoms with van der Waals surface area (Å²) in [5, 5.41) is 19.4. The minimum atomic E-state index is -0.893. The van der Waals surface area contributed by atoms with Crippen LogP contribution in [0.25, 0.3) is 0 Å². The highest BCUT2D eigenvalue weighted by atomic mass is 16.5. The van der Waals surface area contributed by atoms with Crippen LogP contribution in [0.2, 0.25) is 0 Å². The number of hydrogen-bond acceptors (Lipinski definition) is 6. The lowest BCUT2D eigenvalue weighted by atomic mass is 9.68. The molecule has 0 aromatic carbocycles. The summed E-state index contributed by atoms with van der Waals surface area (Å²) in [6.45, 7) is 5.19. The molecule has 21 heavy (non-hydrogen) atoms. The molecular weight excluding hydrogens is 274 g/mol. The first kappa shape index (κ1) is 17.4. The molecule has 1 rings (SSSR count). The number of aliphatic hydroxyl groups excluding tert-OH is 2. The van der Waals surface area contributed by atoms with E-state index >= 15 is 0 Å². The zero-order valence-corrected chi connectivity index (χ0v) is 12.9. The fourth-order valence-electron chi connectivity index (χ4n) is 2.43. The van der Waals surface area contributed by atoms with Gasteiger partial charge in [0.25, 0.3) is 0 Å². The van der Waals surface area contributed by atoms with Gasteiger partial charge in [-0.2, -0.15) is 0 Å². The van der Waals surface area contributed by atoms with E-state index in [1.807, 2.05) is 6.92 Å². The number of aliphatic imine (C=N–C) groups is 1. The quantitative estimate of drug-likeness (QED) is 0.591. The van der Waals surface area contributed by atoms with Crippen LogP contribution in [0.1, 0.15) is 33.6 Å². The molecule has 0 aromatic rings. The summed E-state index contributed by atoms with van der Waals surface area (Å²) in [4.78, 5) is 28.1. The lowest BCUT2D eigenvalue weighted by Crippen LogP contribution is -2.40. The summed E-state index contributed by atoms with van der Waals surface area (Å²) in [5.41, 5.74) is -0.691. The van der Waals surface area contributed by atoms with E-state index in [9.17, 15) is 14.7 Å². The average Bonchev–Trinajstić information content (AvgIpc) is 2.41. The highest BCUT2D eigenvalue weighted by Crippen LogP contribution is 2.41. The topological polar surface area (TPSA) is 96.2 Å². The Kier molecular flexibility index (Phi) is 5.66. The minimum Gasteiger partial charge on any atom is -0.511 e. The number of rotatable bonds is 5. The Morgan fingerprint density at radius 2 is 2.19 bits per heavy atom. The zero-order valence-electron chi connectivity index (χ0n) is 12.9. The van der Waals surface area contributed by atoms with Crippen molar-refractivity contribution in [1.82, 2.24) is 0 Å². The molecule has 0 unspecified atom stereocenters. The number of hydrogen-bond donors (Lipinski definition) is 2. The third-order valence-electron chi connectivity index (χ3n) is 3.78. The molecule has 0 bridgehead atoms. The Labute approximate surface area is 124 Å². The van der Waals surface area contributed by atoms with Crippen LogP contribution in [0.15, 0.2) is 16.3 Å². The molecule has 118 valence electrons. The lowest BCUT2D eigenvalue weighted by Gasteiger charge is -2.35. The summed E-state index contributed by atoms with van der Waals surface area (Å²) in [5.74, 6) is -2.05. The van der Waals surface area contributed by atoms with Crippen molar-refractivity contribution < 1.29 is 24.5 Å². The standard InChI is InChI=1S/C15H23NO5/c1-5-9(8-17)16-7-10-11(18)6-15(2,3)12(13(10)19)14(20)21-4/h7,9,12,17,19H,5-6,8H2,1-4H3/t9-,12+/m0/s1. The van der Waals surface area contributed by atoms with E-state index < -0.39 is 17.3 Å². The third kappa shape index (κ3) is 3.69. The monoisotopic (exact) mass is 297 g/mol. The fraction of sp³-hybridized carbons (Fsp3) is 0.667. The van der Waals surface area contributed by atoms with Crippen LogP contribution < -0.4 is 0 Å². The summed E-state index contributed by atoms with van der Waals surface area (Å²) >= 11 is 0. The normalized spacial score (nSPS) is 23.5. The van der Waals surface area contributed by atoms with Crippen molar-refractivity contribution in [3.05, 3.63) is 11.3 Å². The van der Waals surface area contributed by atoms with Crippen molar-refractivity contribution in [2.45, 2.75) is 39.7 Å². The lowest BCUT2D eigenvalue weighted by molar-refractivity contribution is -0.150. The molecule has 0 saturated carbocycles. The van der Waals surface area contributed by atoms with Gasteiger partial charge in [-0.25, -0.2) is 0 Å². The van der Waals surface area contributed by atoms with Crippen LogP contribution in [-0.2, 0) is 14.3 Å². The second-order valence-electron chi connectivity index (χ2n) is 5.87. The Bertz CT molecular complexity index is 474. The number of Topliss-reactive ketones (excluding diaryl/α,β-unsaturated/α-hetero) is 1. The number of carbonyl (C=O) groups is 2. The molecule has 0 aromatic heterocycles. The smallest absolute Gasteiger partial charge is 0.316 e. The van der Waals surface area contributed by atoms with Gasteiger partial charge < -0.3 is 14.9 Å². The number of nitrogens with zero attached hydrogens (tertiary/aromatic N) is 1. The van der Waals surface area contributed by atoms with E-state index in [4.69, 9.17) is 9.84 Å². The molecule has 1 aliphatic carbocycles. The Morgan fingerprint density at radius 3 is 2.67 bits per heavy atom. The predicted molar refractivity (Wildman–Crippen MR) is 78.2 cm³/mol. The van der Waals surface area contributed by atoms with Gasteiger partial charge in [-0.05, 0) is 11.8 Å². The highest BCUT2D eigenvalue weighted by molar-refractivity contribution is 6.15. The van der Waals surface area contributed by atoms with Crippen molar-refractivity contribution in [1.29, 1.82) is 0 Å². The largest absolute Gasteiger partial charge is 0.511 e. The number of ether oxygens (including phenoxy) is 1. The summed E-state index contributed by atoms with van der Waals surface area (Å²) < 4.78 is 4.72. The van der Waals surface area contributed by atoms with Crippen molar-refractivity contribution in [2.75, 3.05) is 13.7 Å². The van der Waals surface area contributed by atoms with E-state index in [0.717, 1.165) is 0 Å². The van der Waals surface area contributed by atoms with Gasteiger partial charge in [0.1, 0.15) is 11.7 Å². The second-order valence-corrected chi connectivity index (χ2v) is 5.87. The van der Waals surface area contributed by atoms with Gasteiger partial charge in [0.15, 0.2) is 5.78 Å². The van der Waals surface area contributed by atoms with Crippen LogP contribution >= 0.6 is 0 Å². The van der Waals surface area contributed by atoms with Gasteiger partial charge in [-0.3, -0.25) is 14.6 Å². The van der Waals surface area contributed by atoms with Crippen molar-refractivity contribution in [2.24, 2.45) is 16.3 Å². The highest BCUT2D eigenvalue weighted by Gasteiger charge is 2.46. The molecule has 6 nitrogen and oxygen atoms in total. The summed E-state index contributed by atoms with van der Waals surface area (Å²) in [6, 6.07) is -0.329. The van der Waals surface area contributed by atoms with Crippen LogP contribution in [0, 0.1) is 11.3 Å². The van der Waals surface area contributed by atoms with Gasteiger partial charge in [-0.15, -0.1) is 0 Å². The van der Waals surface area contributed by atoms with Gasteiger partial charge >= 0.3 is 5.97 Å². The Balaban J connectivity index is 3.21. The zero-order chi connectivity index (χ0) is 16.2. The van der Waals surface area contributed by atoms with E-state index in [1.54, 1.807) is 13.8 Å². The van der Waals surface area contributed by atoms with Crippen LogP contribution in [-0.4, -0.2) is 47.9 Å². The van der Waals surface area contributed by atoms with Crippen molar-refractivity contribution >= 4 is 18.0 Å². The number of ketones is 1. The molecule has 6 heteroatoms. The van der Waals surface area contributed by atoms with Gasteiger partial charge in [0.2, 0.25) is 0 Å². The molecule has 2 N–H and O–H groups in total. The average molecular weight is 297 g/mol. The maximum Gasteiger partial charge on any atom is 0.316 e. The first-order valence-corrected chi connectivity index (χ1v) is 6.96. The van der Waals surface area contributed by atoms with Gasteiger partial charge in [0.05, 0.1) is 25.3 Å². The van der Waals surface area contributed by atoms with E-state index in [-0.39, 0.29) is 36.2 Å². The minimum absolute atomic E-state index is 0.0247. The van der Waals surface area contributed by atoms with Crippen LogP contribution in [0.4, 0.5) is 0 Å². The van der Waals surface area contributed by atoms with Crippen molar-refractivity contribution in [3.63, 3.8) is 0 Å². The predicted octanol–water partition coefficient (Wildman–Crippen LogP) is 1.43. The molecule has 2 atom stereocenters. The Morgan fingerprint density at radius 1 is 1.57 bits per heavy atom. The third-order valence-corrected chi connectivity index (χ3v) is 3.78. The SMILES string of the molecule is CC[C@@H](CO)N=CC1=C(O)[C@H](C(=O)OC)C(C)(C)CC1=O. The first-order valence-electron chi connectivity index (χ1n) is 6.96. The van der Waals surface area contributed by atoms with Crippen LogP contribution in [0.5, 0.6) is 0 Å². The maximum absolute atomic E-state index is 12.1. The molecule has 0 aliphatic heterocycles. The molecule has 0 spiro atoms. The molecule has 0 amide bonds. The first-order chi connectivity index (χ1) is 9.78. The van der Waals surface area contributed by atoms with E-state index in [2.05, 4.69) is 4.99 Å². The molecule has 0 heterocycles. The molecular formula is C15H23NO5.